The smallest absolute Gasteiger partial charge is 0.340 e. The van der Waals surface area contributed by atoms with E-state index in [1.54, 1.807) is 19.4 Å². The lowest BCUT2D eigenvalue weighted by Gasteiger charge is -2.21. The second-order valence-electron chi connectivity index (χ2n) is 4.57. The van der Waals surface area contributed by atoms with Crippen molar-refractivity contribution in [3.63, 3.8) is 0 Å². The first kappa shape index (κ1) is 13.6. The molecule has 1 aromatic rings. The molecule has 0 aliphatic heterocycles. The molecular formula is C13H19N3O3. The monoisotopic (exact) mass is 265 g/mol. The number of aromatic nitrogens is 1. The summed E-state index contributed by atoms with van der Waals surface area (Å²) in [6.45, 7) is 0. The SMILES string of the molecule is COC(=O)c1ccnc(NC2CCCC2OC)c1N. The van der Waals surface area contributed by atoms with Gasteiger partial charge < -0.3 is 20.5 Å². The van der Waals surface area contributed by atoms with Gasteiger partial charge in [0, 0.05) is 13.3 Å². The van der Waals surface area contributed by atoms with Gasteiger partial charge in [-0.1, -0.05) is 0 Å². The molecule has 1 saturated carbocycles. The fraction of sp³-hybridized carbons (Fsp3) is 0.538. The average Bonchev–Trinajstić information content (AvgIpc) is 2.87. The lowest BCUT2D eigenvalue weighted by Crippen LogP contribution is -2.30. The maximum absolute atomic E-state index is 11.6. The van der Waals surface area contributed by atoms with E-state index in [4.69, 9.17) is 10.5 Å². The van der Waals surface area contributed by atoms with Crippen molar-refractivity contribution < 1.29 is 14.3 Å². The molecule has 1 aromatic heterocycles. The molecule has 2 atom stereocenters. The van der Waals surface area contributed by atoms with Crippen LogP contribution in [0.3, 0.4) is 0 Å². The summed E-state index contributed by atoms with van der Waals surface area (Å²) in [5, 5.41) is 3.26. The number of pyridine rings is 1. The van der Waals surface area contributed by atoms with Crippen LogP contribution in [0.4, 0.5) is 11.5 Å². The first-order valence-electron chi connectivity index (χ1n) is 6.29. The number of nitrogens with one attached hydrogen (secondary N) is 1. The minimum atomic E-state index is -0.460. The van der Waals surface area contributed by atoms with E-state index >= 15 is 0 Å². The number of esters is 1. The highest BCUT2D eigenvalue weighted by Gasteiger charge is 2.28. The highest BCUT2D eigenvalue weighted by atomic mass is 16.5. The minimum absolute atomic E-state index is 0.156. The van der Waals surface area contributed by atoms with E-state index in [2.05, 4.69) is 15.0 Å². The summed E-state index contributed by atoms with van der Waals surface area (Å²) in [6.07, 6.45) is 4.82. The van der Waals surface area contributed by atoms with Gasteiger partial charge in [-0.25, -0.2) is 9.78 Å². The Kier molecular flexibility index (Phi) is 4.21. The van der Waals surface area contributed by atoms with Crippen LogP contribution in [-0.2, 0) is 9.47 Å². The van der Waals surface area contributed by atoms with Gasteiger partial charge in [-0.15, -0.1) is 0 Å². The van der Waals surface area contributed by atoms with Crippen molar-refractivity contribution in [2.24, 2.45) is 0 Å². The number of anilines is 2. The summed E-state index contributed by atoms with van der Waals surface area (Å²) in [6, 6.07) is 1.72. The van der Waals surface area contributed by atoms with E-state index in [-0.39, 0.29) is 12.1 Å². The minimum Gasteiger partial charge on any atom is -0.465 e. The Morgan fingerprint density at radius 3 is 2.95 bits per heavy atom. The van der Waals surface area contributed by atoms with Crippen LogP contribution >= 0.6 is 0 Å². The fourth-order valence-corrected chi connectivity index (χ4v) is 2.43. The Balaban J connectivity index is 2.19. The third kappa shape index (κ3) is 2.78. The van der Waals surface area contributed by atoms with Gasteiger partial charge in [0.2, 0.25) is 0 Å². The van der Waals surface area contributed by atoms with Crippen LogP contribution in [0.25, 0.3) is 0 Å². The summed E-state index contributed by atoms with van der Waals surface area (Å²) < 4.78 is 10.1. The number of nitrogen functional groups attached to an aromatic ring is 1. The number of carbonyl (C=O) groups is 1. The van der Waals surface area contributed by atoms with E-state index in [1.807, 2.05) is 0 Å². The maximum atomic E-state index is 11.6. The molecule has 1 heterocycles. The highest BCUT2D eigenvalue weighted by Crippen LogP contribution is 2.28. The molecule has 0 saturated heterocycles. The number of nitrogens with two attached hydrogens (primary N) is 1. The van der Waals surface area contributed by atoms with Gasteiger partial charge in [0.1, 0.15) is 5.82 Å². The highest BCUT2D eigenvalue weighted by molar-refractivity contribution is 5.97. The van der Waals surface area contributed by atoms with Gasteiger partial charge in [0.05, 0.1) is 30.5 Å². The van der Waals surface area contributed by atoms with Crippen molar-refractivity contribution >= 4 is 17.5 Å². The van der Waals surface area contributed by atoms with E-state index < -0.39 is 5.97 Å². The molecule has 2 rings (SSSR count). The van der Waals surface area contributed by atoms with Crippen LogP contribution < -0.4 is 11.1 Å². The van der Waals surface area contributed by atoms with Gasteiger partial charge in [-0.3, -0.25) is 0 Å². The van der Waals surface area contributed by atoms with Crippen molar-refractivity contribution in [3.05, 3.63) is 17.8 Å². The fourth-order valence-electron chi connectivity index (χ4n) is 2.43. The lowest BCUT2D eigenvalue weighted by molar-refractivity contribution is 0.0602. The van der Waals surface area contributed by atoms with Crippen LogP contribution in [0.1, 0.15) is 29.6 Å². The summed E-state index contributed by atoms with van der Waals surface area (Å²) in [5.74, 6) is 0.0505. The molecule has 0 radical (unpaired) electrons. The van der Waals surface area contributed by atoms with E-state index in [1.165, 1.54) is 7.11 Å². The van der Waals surface area contributed by atoms with Crippen LogP contribution in [0.2, 0.25) is 0 Å². The summed E-state index contributed by atoms with van der Waals surface area (Å²) in [7, 11) is 3.03. The standard InChI is InChI=1S/C13H19N3O3/c1-18-10-5-3-4-9(10)16-12-11(14)8(6-7-15-12)13(17)19-2/h6-7,9-10H,3-5,14H2,1-2H3,(H,15,16). The molecule has 19 heavy (non-hydrogen) atoms. The topological polar surface area (TPSA) is 86.5 Å². The molecule has 1 fully saturated rings. The predicted molar refractivity (Wildman–Crippen MR) is 72.0 cm³/mol. The molecule has 0 spiro atoms. The van der Waals surface area contributed by atoms with Crippen molar-refractivity contribution in [2.75, 3.05) is 25.3 Å². The Morgan fingerprint density at radius 2 is 2.26 bits per heavy atom. The quantitative estimate of drug-likeness (QED) is 0.801. The second kappa shape index (κ2) is 5.88. The van der Waals surface area contributed by atoms with Crippen molar-refractivity contribution in [2.45, 2.75) is 31.4 Å². The molecule has 6 nitrogen and oxygen atoms in total. The zero-order chi connectivity index (χ0) is 13.8. The molecule has 0 aromatic carbocycles. The molecular weight excluding hydrogens is 246 g/mol. The number of rotatable bonds is 4. The largest absolute Gasteiger partial charge is 0.465 e. The molecule has 3 N–H and O–H groups in total. The van der Waals surface area contributed by atoms with Gasteiger partial charge in [-0.05, 0) is 25.3 Å². The lowest BCUT2D eigenvalue weighted by atomic mass is 10.2. The predicted octanol–water partition coefficient (Wildman–Crippen LogP) is 1.43. The molecule has 0 amide bonds. The molecule has 1 aliphatic rings. The van der Waals surface area contributed by atoms with E-state index in [0.717, 1.165) is 19.3 Å². The van der Waals surface area contributed by atoms with Gasteiger partial charge in [0.15, 0.2) is 0 Å². The number of carbonyl (C=O) groups excluding carboxylic acids is 1. The first-order valence-corrected chi connectivity index (χ1v) is 6.29. The molecule has 0 bridgehead atoms. The third-order valence-corrected chi connectivity index (χ3v) is 3.47. The number of hydrogen-bond donors (Lipinski definition) is 2. The summed E-state index contributed by atoms with van der Waals surface area (Å²) >= 11 is 0. The second-order valence-corrected chi connectivity index (χ2v) is 4.57. The zero-order valence-corrected chi connectivity index (χ0v) is 11.2. The van der Waals surface area contributed by atoms with E-state index in [9.17, 15) is 4.79 Å². The Labute approximate surface area is 112 Å². The average molecular weight is 265 g/mol. The normalized spacial score (nSPS) is 22.2. The third-order valence-electron chi connectivity index (χ3n) is 3.47. The van der Waals surface area contributed by atoms with Gasteiger partial charge in [0.25, 0.3) is 0 Å². The zero-order valence-electron chi connectivity index (χ0n) is 11.2. The number of ether oxygens (including phenoxy) is 2. The summed E-state index contributed by atoms with van der Waals surface area (Å²) in [4.78, 5) is 15.8. The Bertz CT molecular complexity index is 464. The number of hydrogen-bond acceptors (Lipinski definition) is 6. The molecule has 6 heteroatoms. The van der Waals surface area contributed by atoms with Crippen LogP contribution in [0.15, 0.2) is 12.3 Å². The van der Waals surface area contributed by atoms with Crippen LogP contribution in [0.5, 0.6) is 0 Å². The van der Waals surface area contributed by atoms with Gasteiger partial charge in [-0.2, -0.15) is 0 Å². The van der Waals surface area contributed by atoms with Crippen molar-refractivity contribution in [1.82, 2.24) is 4.98 Å². The van der Waals surface area contributed by atoms with Crippen molar-refractivity contribution in [3.8, 4) is 0 Å². The Hall–Kier alpha value is -1.82. The van der Waals surface area contributed by atoms with Crippen molar-refractivity contribution in [1.29, 1.82) is 0 Å². The molecule has 104 valence electrons. The summed E-state index contributed by atoms with van der Waals surface area (Å²) in [5.41, 5.74) is 6.60. The molecule has 2 unspecified atom stereocenters. The Morgan fingerprint density at radius 1 is 1.47 bits per heavy atom. The maximum Gasteiger partial charge on any atom is 0.340 e. The number of nitrogens with zero attached hydrogens (tertiary/aromatic N) is 1. The first-order chi connectivity index (χ1) is 9.17. The van der Waals surface area contributed by atoms with Gasteiger partial charge >= 0.3 is 5.97 Å². The van der Waals surface area contributed by atoms with Crippen LogP contribution in [0, 0.1) is 0 Å². The van der Waals surface area contributed by atoms with E-state index in [0.29, 0.717) is 17.1 Å². The van der Waals surface area contributed by atoms with Crippen LogP contribution in [-0.4, -0.2) is 37.3 Å². The molecule has 1 aliphatic carbocycles. The number of methoxy groups -OCH3 is 2.